The van der Waals surface area contributed by atoms with Gasteiger partial charge >= 0.3 is 0 Å². The van der Waals surface area contributed by atoms with Gasteiger partial charge in [0.2, 0.25) is 5.88 Å². The zero-order chi connectivity index (χ0) is 21.3. The number of hydrogen-bond donors (Lipinski definition) is 3. The van der Waals surface area contributed by atoms with Crippen LogP contribution in [0.3, 0.4) is 0 Å². The number of carbonyl (C=O) groups is 1. The Labute approximate surface area is 177 Å². The minimum atomic E-state index is -0.366. The molecule has 8 heteroatoms. The summed E-state index contributed by atoms with van der Waals surface area (Å²) in [5, 5.41) is 13.9. The van der Waals surface area contributed by atoms with Gasteiger partial charge < -0.3 is 35.2 Å². The van der Waals surface area contributed by atoms with Gasteiger partial charge in [0.05, 0.1) is 31.2 Å². The van der Waals surface area contributed by atoms with Crippen LogP contribution in [0.25, 0.3) is 0 Å². The van der Waals surface area contributed by atoms with Crippen LogP contribution in [0.5, 0.6) is 5.75 Å². The predicted octanol–water partition coefficient (Wildman–Crippen LogP) is 2.29. The fourth-order valence-electron chi connectivity index (χ4n) is 4.00. The van der Waals surface area contributed by atoms with E-state index in [9.17, 15) is 4.79 Å². The molecular weight excluding hydrogens is 384 g/mol. The van der Waals surface area contributed by atoms with E-state index in [0.29, 0.717) is 43.9 Å². The summed E-state index contributed by atoms with van der Waals surface area (Å²) < 4.78 is 17.3. The molecule has 2 fully saturated rings. The molecule has 0 saturated carbocycles. The smallest absolute Gasteiger partial charge is 0.262 e. The van der Waals surface area contributed by atoms with Gasteiger partial charge in [-0.15, -0.1) is 0 Å². The number of fused-ring (bicyclic) bond motifs is 1. The van der Waals surface area contributed by atoms with E-state index >= 15 is 0 Å². The molecule has 1 aromatic carbocycles. The normalized spacial score (nSPS) is 24.1. The van der Waals surface area contributed by atoms with E-state index < -0.39 is 0 Å². The first-order valence-electron chi connectivity index (χ1n) is 10.5. The first-order valence-corrected chi connectivity index (χ1v) is 10.5. The van der Waals surface area contributed by atoms with Crippen molar-refractivity contribution in [1.82, 2.24) is 5.32 Å². The Kier molecular flexibility index (Phi) is 5.60. The lowest BCUT2D eigenvalue weighted by Crippen LogP contribution is -2.37. The zero-order valence-electron chi connectivity index (χ0n) is 17.8. The first-order chi connectivity index (χ1) is 14.4. The molecule has 3 heterocycles. The number of nitrogens with zero attached hydrogens (tertiary/aromatic N) is 1. The van der Waals surface area contributed by atoms with Gasteiger partial charge in [0.15, 0.2) is 0 Å². The van der Waals surface area contributed by atoms with Gasteiger partial charge in [0, 0.05) is 49.8 Å². The third-order valence-corrected chi connectivity index (χ3v) is 5.54. The number of benzene rings is 1. The summed E-state index contributed by atoms with van der Waals surface area (Å²) in [7, 11) is 0. The lowest BCUT2D eigenvalue weighted by molar-refractivity contribution is -0.112. The number of carbonyl (C=O) groups excluding carboxylic acids is 1. The van der Waals surface area contributed by atoms with Crippen molar-refractivity contribution in [2.75, 3.05) is 49.7 Å². The standard InChI is InChI=1S/C22H30N4O4/c1-14-12-24-21(29-13-14)16(11-23)20(27)25-17-8-15-10-22(2,3)30-19(15)9-18(17)26-4-6-28-7-5-26/h8-9,11,14,23-24H,4-7,10,12-13H2,1-3H3,(H,25,27)/b21-16-,23-11?. The fraction of sp³-hybridized carbons (Fsp3) is 0.545. The van der Waals surface area contributed by atoms with Gasteiger partial charge in [0.25, 0.3) is 5.91 Å². The summed E-state index contributed by atoms with van der Waals surface area (Å²) in [6.07, 6.45) is 1.82. The summed E-state index contributed by atoms with van der Waals surface area (Å²) in [4.78, 5) is 15.3. The number of rotatable bonds is 4. The maximum atomic E-state index is 13.1. The molecule has 4 rings (SSSR count). The highest BCUT2D eigenvalue weighted by molar-refractivity contribution is 6.18. The predicted molar refractivity (Wildman–Crippen MR) is 115 cm³/mol. The zero-order valence-corrected chi connectivity index (χ0v) is 17.8. The van der Waals surface area contributed by atoms with Crippen molar-refractivity contribution < 1.29 is 19.0 Å². The van der Waals surface area contributed by atoms with Gasteiger partial charge in [-0.05, 0) is 19.9 Å². The average molecular weight is 415 g/mol. The van der Waals surface area contributed by atoms with E-state index in [1.54, 1.807) is 0 Å². The van der Waals surface area contributed by atoms with Crippen LogP contribution in [0.15, 0.2) is 23.6 Å². The second-order valence-electron chi connectivity index (χ2n) is 8.75. The van der Waals surface area contributed by atoms with Gasteiger partial charge in [-0.25, -0.2) is 0 Å². The van der Waals surface area contributed by atoms with Crippen molar-refractivity contribution in [3.63, 3.8) is 0 Å². The van der Waals surface area contributed by atoms with Crippen molar-refractivity contribution in [1.29, 1.82) is 5.41 Å². The van der Waals surface area contributed by atoms with Gasteiger partial charge in [-0.3, -0.25) is 4.79 Å². The number of amides is 1. The number of hydrogen-bond acceptors (Lipinski definition) is 7. The Balaban J connectivity index is 1.64. The van der Waals surface area contributed by atoms with Crippen molar-refractivity contribution in [3.8, 4) is 5.75 Å². The molecule has 3 N–H and O–H groups in total. The number of nitrogens with one attached hydrogen (secondary N) is 3. The number of morpholine rings is 1. The van der Waals surface area contributed by atoms with E-state index in [-0.39, 0.29) is 17.1 Å². The summed E-state index contributed by atoms with van der Waals surface area (Å²) in [6, 6.07) is 4.01. The Morgan fingerprint density at radius 2 is 2.10 bits per heavy atom. The lowest BCUT2D eigenvalue weighted by atomic mass is 10.0. The van der Waals surface area contributed by atoms with Crippen molar-refractivity contribution in [2.45, 2.75) is 32.8 Å². The van der Waals surface area contributed by atoms with Crippen LogP contribution in [0.4, 0.5) is 11.4 Å². The molecular formula is C22H30N4O4. The van der Waals surface area contributed by atoms with E-state index in [1.807, 2.05) is 12.1 Å². The highest BCUT2D eigenvalue weighted by Gasteiger charge is 2.32. The summed E-state index contributed by atoms with van der Waals surface area (Å²) in [6.45, 7) is 10.2. The van der Waals surface area contributed by atoms with E-state index in [0.717, 1.165) is 42.7 Å². The molecule has 1 unspecified atom stereocenters. The SMILES string of the molecule is CC1CN/C(=C(\C=N)C(=O)Nc2cc3c(cc2N2CCOCC2)OC(C)(C)C3)OC1. The second kappa shape index (κ2) is 8.18. The van der Waals surface area contributed by atoms with Crippen LogP contribution in [-0.4, -0.2) is 57.2 Å². The summed E-state index contributed by atoms with van der Waals surface area (Å²) in [5.74, 6) is 1.21. The molecule has 0 aliphatic carbocycles. The number of anilines is 2. The molecule has 3 aliphatic heterocycles. The van der Waals surface area contributed by atoms with Crippen LogP contribution in [0.2, 0.25) is 0 Å². The van der Waals surface area contributed by atoms with Crippen LogP contribution >= 0.6 is 0 Å². The lowest BCUT2D eigenvalue weighted by Gasteiger charge is -2.31. The molecule has 1 atom stereocenters. The molecule has 30 heavy (non-hydrogen) atoms. The van der Waals surface area contributed by atoms with Crippen LogP contribution in [-0.2, 0) is 20.7 Å². The Morgan fingerprint density at radius 3 is 2.77 bits per heavy atom. The molecule has 3 aliphatic rings. The Morgan fingerprint density at radius 1 is 1.33 bits per heavy atom. The summed E-state index contributed by atoms with van der Waals surface area (Å²) >= 11 is 0. The highest BCUT2D eigenvalue weighted by Crippen LogP contribution is 2.42. The van der Waals surface area contributed by atoms with E-state index in [2.05, 4.69) is 36.3 Å². The third kappa shape index (κ3) is 4.23. The van der Waals surface area contributed by atoms with Gasteiger partial charge in [-0.1, -0.05) is 6.92 Å². The third-order valence-electron chi connectivity index (χ3n) is 5.54. The molecule has 2 saturated heterocycles. The van der Waals surface area contributed by atoms with Crippen molar-refractivity contribution in [2.24, 2.45) is 5.92 Å². The van der Waals surface area contributed by atoms with Gasteiger partial charge in [-0.2, -0.15) is 0 Å². The Bertz CT molecular complexity index is 864. The molecule has 1 aromatic rings. The van der Waals surface area contributed by atoms with Gasteiger partial charge in [0.1, 0.15) is 16.9 Å². The Hall–Kier alpha value is -2.74. The molecule has 162 valence electrons. The molecule has 0 aromatic heterocycles. The topological polar surface area (TPSA) is 95.9 Å². The largest absolute Gasteiger partial charge is 0.487 e. The molecule has 0 bridgehead atoms. The first kappa shape index (κ1) is 20.5. The van der Waals surface area contributed by atoms with Crippen LogP contribution < -0.4 is 20.3 Å². The summed E-state index contributed by atoms with van der Waals surface area (Å²) in [5.41, 5.74) is 2.60. The van der Waals surface area contributed by atoms with Crippen LogP contribution in [0, 0.1) is 11.3 Å². The quantitative estimate of drug-likeness (QED) is 0.517. The maximum Gasteiger partial charge on any atom is 0.262 e. The van der Waals surface area contributed by atoms with E-state index in [1.165, 1.54) is 0 Å². The minimum Gasteiger partial charge on any atom is -0.487 e. The molecule has 1 amide bonds. The minimum absolute atomic E-state index is 0.187. The maximum absolute atomic E-state index is 13.1. The number of ether oxygens (including phenoxy) is 3. The highest BCUT2D eigenvalue weighted by atomic mass is 16.5. The molecule has 0 radical (unpaired) electrons. The second-order valence-corrected chi connectivity index (χ2v) is 8.75. The monoisotopic (exact) mass is 414 g/mol. The van der Waals surface area contributed by atoms with E-state index in [4.69, 9.17) is 19.6 Å². The van der Waals surface area contributed by atoms with Crippen LogP contribution in [0.1, 0.15) is 26.3 Å². The molecule has 8 nitrogen and oxygen atoms in total. The van der Waals surface area contributed by atoms with Crippen molar-refractivity contribution >= 4 is 23.5 Å². The average Bonchev–Trinajstić information content (AvgIpc) is 3.03. The molecule has 0 spiro atoms. The van der Waals surface area contributed by atoms with Crippen molar-refractivity contribution in [3.05, 3.63) is 29.2 Å². The fourth-order valence-corrected chi connectivity index (χ4v) is 4.00.